The van der Waals surface area contributed by atoms with Gasteiger partial charge in [-0.15, -0.1) is 0 Å². The van der Waals surface area contributed by atoms with Crippen LogP contribution in [0.3, 0.4) is 0 Å². The lowest BCUT2D eigenvalue weighted by molar-refractivity contribution is 0.217. The number of anilines is 2. The van der Waals surface area contributed by atoms with Crippen LogP contribution in [0.4, 0.5) is 15.8 Å². The van der Waals surface area contributed by atoms with Gasteiger partial charge < -0.3 is 15.1 Å². The Hall–Kier alpha value is -1.29. The fourth-order valence-corrected chi connectivity index (χ4v) is 3.53. The van der Waals surface area contributed by atoms with E-state index in [9.17, 15) is 4.39 Å². The van der Waals surface area contributed by atoms with Crippen LogP contribution in [-0.4, -0.2) is 44.7 Å². The maximum Gasteiger partial charge on any atom is 0.148 e. The predicted octanol–water partition coefficient (Wildman–Crippen LogP) is 3.18. The van der Waals surface area contributed by atoms with E-state index in [-0.39, 0.29) is 5.82 Å². The molecule has 2 heterocycles. The number of piperidine rings is 1. The third-order valence-electron chi connectivity index (χ3n) is 4.71. The Morgan fingerprint density at radius 3 is 2.71 bits per heavy atom. The molecule has 0 spiro atoms. The van der Waals surface area contributed by atoms with Crippen molar-refractivity contribution < 1.29 is 4.39 Å². The zero-order valence-corrected chi connectivity index (χ0v) is 12.9. The van der Waals surface area contributed by atoms with E-state index in [0.717, 1.165) is 37.6 Å². The molecule has 3 rings (SSSR count). The SMILES string of the molecule is CN1CCCC(CNc2ccc(N3CCCC3)c(F)c2)C1. The average molecular weight is 291 g/mol. The van der Waals surface area contributed by atoms with Gasteiger partial charge in [-0.25, -0.2) is 4.39 Å². The Labute approximate surface area is 127 Å². The molecule has 1 aromatic rings. The third kappa shape index (κ3) is 3.67. The van der Waals surface area contributed by atoms with Gasteiger partial charge in [-0.05, 0) is 63.4 Å². The lowest BCUT2D eigenvalue weighted by atomic mass is 9.98. The summed E-state index contributed by atoms with van der Waals surface area (Å²) in [5.74, 6) is 0.577. The standard InChI is InChI=1S/C17H26FN3/c1-20-8-4-5-14(13-20)12-19-15-6-7-17(16(18)11-15)21-9-2-3-10-21/h6-7,11,14,19H,2-5,8-10,12-13H2,1H3. The van der Waals surface area contributed by atoms with Gasteiger partial charge in [0.05, 0.1) is 5.69 Å². The summed E-state index contributed by atoms with van der Waals surface area (Å²) < 4.78 is 14.2. The molecule has 1 aromatic carbocycles. The molecule has 21 heavy (non-hydrogen) atoms. The summed E-state index contributed by atoms with van der Waals surface area (Å²) >= 11 is 0. The lowest BCUT2D eigenvalue weighted by Gasteiger charge is -2.30. The number of halogens is 1. The van der Waals surface area contributed by atoms with Gasteiger partial charge in [0.25, 0.3) is 0 Å². The Bertz CT molecular complexity index is 471. The van der Waals surface area contributed by atoms with Crippen LogP contribution in [0.2, 0.25) is 0 Å². The van der Waals surface area contributed by atoms with Crippen LogP contribution in [0, 0.1) is 11.7 Å². The van der Waals surface area contributed by atoms with Crippen molar-refractivity contribution in [2.75, 3.05) is 50.0 Å². The van der Waals surface area contributed by atoms with Gasteiger partial charge in [0.2, 0.25) is 0 Å². The number of hydrogen-bond acceptors (Lipinski definition) is 3. The first-order chi connectivity index (χ1) is 10.2. The largest absolute Gasteiger partial charge is 0.385 e. The van der Waals surface area contributed by atoms with Gasteiger partial charge in [-0.1, -0.05) is 0 Å². The minimum absolute atomic E-state index is 0.0948. The normalized spacial score (nSPS) is 23.5. The van der Waals surface area contributed by atoms with Crippen LogP contribution < -0.4 is 10.2 Å². The number of hydrogen-bond donors (Lipinski definition) is 1. The van der Waals surface area contributed by atoms with E-state index in [1.807, 2.05) is 12.1 Å². The maximum absolute atomic E-state index is 14.2. The summed E-state index contributed by atoms with van der Waals surface area (Å²) in [6.07, 6.45) is 4.89. The van der Waals surface area contributed by atoms with E-state index >= 15 is 0 Å². The molecule has 1 N–H and O–H groups in total. The molecular formula is C17H26FN3. The van der Waals surface area contributed by atoms with Gasteiger partial charge in [0.15, 0.2) is 0 Å². The van der Waals surface area contributed by atoms with Crippen LogP contribution in [0.25, 0.3) is 0 Å². The van der Waals surface area contributed by atoms with Crippen LogP contribution in [0.1, 0.15) is 25.7 Å². The summed E-state index contributed by atoms with van der Waals surface area (Å²) in [5.41, 5.74) is 1.67. The Kier molecular flexibility index (Phi) is 4.63. The van der Waals surface area contributed by atoms with E-state index in [2.05, 4.69) is 22.2 Å². The monoisotopic (exact) mass is 291 g/mol. The first-order valence-corrected chi connectivity index (χ1v) is 8.19. The Morgan fingerprint density at radius 1 is 1.19 bits per heavy atom. The molecule has 2 saturated heterocycles. The number of nitrogens with one attached hydrogen (secondary N) is 1. The second-order valence-corrected chi connectivity index (χ2v) is 6.51. The van der Waals surface area contributed by atoms with Crippen molar-refractivity contribution in [2.24, 2.45) is 5.92 Å². The highest BCUT2D eigenvalue weighted by molar-refractivity contribution is 5.56. The van der Waals surface area contributed by atoms with E-state index in [0.29, 0.717) is 5.92 Å². The molecule has 2 fully saturated rings. The molecule has 0 aliphatic carbocycles. The molecule has 0 saturated carbocycles. The molecule has 0 bridgehead atoms. The molecule has 116 valence electrons. The van der Waals surface area contributed by atoms with Gasteiger partial charge in [0.1, 0.15) is 5.82 Å². The second kappa shape index (κ2) is 6.65. The molecule has 0 amide bonds. The highest BCUT2D eigenvalue weighted by Crippen LogP contribution is 2.26. The second-order valence-electron chi connectivity index (χ2n) is 6.51. The highest BCUT2D eigenvalue weighted by Gasteiger charge is 2.18. The summed E-state index contributed by atoms with van der Waals surface area (Å²) in [7, 11) is 2.18. The van der Waals surface area contributed by atoms with Crippen LogP contribution in [0.5, 0.6) is 0 Å². The summed E-state index contributed by atoms with van der Waals surface area (Å²) in [6, 6.07) is 5.60. The fourth-order valence-electron chi connectivity index (χ4n) is 3.53. The first-order valence-electron chi connectivity index (χ1n) is 8.19. The van der Waals surface area contributed by atoms with Crippen LogP contribution in [0.15, 0.2) is 18.2 Å². The van der Waals surface area contributed by atoms with E-state index in [1.54, 1.807) is 6.07 Å². The first kappa shape index (κ1) is 14.6. The van der Waals surface area contributed by atoms with Crippen molar-refractivity contribution >= 4 is 11.4 Å². The smallest absolute Gasteiger partial charge is 0.148 e. The van der Waals surface area contributed by atoms with Crippen molar-refractivity contribution in [3.8, 4) is 0 Å². The molecule has 2 aliphatic heterocycles. The topological polar surface area (TPSA) is 18.5 Å². The van der Waals surface area contributed by atoms with Crippen molar-refractivity contribution in [1.82, 2.24) is 4.90 Å². The minimum atomic E-state index is -0.0948. The van der Waals surface area contributed by atoms with E-state index in [4.69, 9.17) is 0 Å². The highest BCUT2D eigenvalue weighted by atomic mass is 19.1. The van der Waals surface area contributed by atoms with Crippen molar-refractivity contribution in [3.63, 3.8) is 0 Å². The number of likely N-dealkylation sites (tertiary alicyclic amines) is 1. The fraction of sp³-hybridized carbons (Fsp3) is 0.647. The van der Waals surface area contributed by atoms with E-state index < -0.39 is 0 Å². The molecule has 0 aromatic heterocycles. The molecule has 1 atom stereocenters. The molecule has 3 nitrogen and oxygen atoms in total. The molecule has 2 aliphatic rings. The number of rotatable bonds is 4. The zero-order chi connectivity index (χ0) is 14.7. The quantitative estimate of drug-likeness (QED) is 0.919. The summed E-state index contributed by atoms with van der Waals surface area (Å²) in [5, 5.41) is 3.41. The molecule has 0 radical (unpaired) electrons. The lowest BCUT2D eigenvalue weighted by Crippen LogP contribution is -2.35. The Balaban J connectivity index is 1.57. The van der Waals surface area contributed by atoms with Gasteiger partial charge in [0, 0.05) is 31.9 Å². The molecule has 4 heteroatoms. The molecular weight excluding hydrogens is 265 g/mol. The zero-order valence-electron chi connectivity index (χ0n) is 12.9. The van der Waals surface area contributed by atoms with Crippen LogP contribution >= 0.6 is 0 Å². The predicted molar refractivity (Wildman–Crippen MR) is 86.6 cm³/mol. The van der Waals surface area contributed by atoms with E-state index in [1.165, 1.54) is 32.2 Å². The number of benzene rings is 1. The van der Waals surface area contributed by atoms with Gasteiger partial charge >= 0.3 is 0 Å². The maximum atomic E-state index is 14.2. The Morgan fingerprint density at radius 2 is 2.00 bits per heavy atom. The summed E-state index contributed by atoms with van der Waals surface area (Å²) in [6.45, 7) is 5.25. The van der Waals surface area contributed by atoms with Gasteiger partial charge in [-0.2, -0.15) is 0 Å². The third-order valence-corrected chi connectivity index (χ3v) is 4.71. The summed E-state index contributed by atoms with van der Waals surface area (Å²) in [4.78, 5) is 4.53. The van der Waals surface area contributed by atoms with Crippen molar-refractivity contribution in [3.05, 3.63) is 24.0 Å². The van der Waals surface area contributed by atoms with Gasteiger partial charge in [-0.3, -0.25) is 0 Å². The molecule has 1 unspecified atom stereocenters. The van der Waals surface area contributed by atoms with Crippen molar-refractivity contribution in [2.45, 2.75) is 25.7 Å². The minimum Gasteiger partial charge on any atom is -0.385 e. The van der Waals surface area contributed by atoms with Crippen LogP contribution in [-0.2, 0) is 0 Å². The van der Waals surface area contributed by atoms with Crippen molar-refractivity contribution in [1.29, 1.82) is 0 Å². The number of nitrogens with zero attached hydrogens (tertiary/aromatic N) is 2. The average Bonchev–Trinajstić information content (AvgIpc) is 2.99.